The van der Waals surface area contributed by atoms with Gasteiger partial charge in [-0.2, -0.15) is 0 Å². The maximum Gasteiger partial charge on any atom is 0.472 e. The van der Waals surface area contributed by atoms with Crippen molar-refractivity contribution in [1.29, 1.82) is 0 Å². The molecule has 10 heteroatoms. The third-order valence-electron chi connectivity index (χ3n) is 7.95. The Labute approximate surface area is 281 Å². The second-order valence-electron chi connectivity index (χ2n) is 12.6. The maximum absolute atomic E-state index is 12.5. The standard InChI is InChI=1S/C36H71O9P/c1-3-5-7-9-11-13-15-17-18-20-22-24-26-28-36(39)45-35(33-44-46(40,41)43-31-34(38)30-37)32-42-29-27-25-23-21-19-16-14-12-10-8-6-4-2/h13,15,34-35,37-38H,3-12,14,16-33H2,1-2H3,(H,40,41)/b15-13-. The van der Waals surface area contributed by atoms with E-state index in [1.54, 1.807) is 0 Å². The largest absolute Gasteiger partial charge is 0.472 e. The van der Waals surface area contributed by atoms with E-state index in [1.807, 2.05) is 0 Å². The number of esters is 1. The van der Waals surface area contributed by atoms with Crippen LogP contribution in [0.2, 0.25) is 0 Å². The Morgan fingerprint density at radius 2 is 1.11 bits per heavy atom. The zero-order valence-electron chi connectivity index (χ0n) is 29.6. The minimum Gasteiger partial charge on any atom is -0.457 e. The highest BCUT2D eigenvalue weighted by atomic mass is 31.2. The van der Waals surface area contributed by atoms with Crippen molar-refractivity contribution in [3.63, 3.8) is 0 Å². The van der Waals surface area contributed by atoms with E-state index in [0.717, 1.165) is 51.4 Å². The molecule has 0 aliphatic rings. The molecular formula is C36H71O9P. The molecule has 0 bridgehead atoms. The Morgan fingerprint density at radius 1 is 0.652 bits per heavy atom. The smallest absolute Gasteiger partial charge is 0.457 e. The van der Waals surface area contributed by atoms with Gasteiger partial charge in [0.05, 0.1) is 26.4 Å². The average molecular weight is 679 g/mol. The molecular weight excluding hydrogens is 607 g/mol. The SMILES string of the molecule is CCCCCC/C=C\CCCCCCCC(=O)OC(COCCCCCCCCCCCCCC)COP(=O)(O)OCC(O)CO. The molecule has 3 N–H and O–H groups in total. The molecule has 9 nitrogen and oxygen atoms in total. The average Bonchev–Trinajstić information content (AvgIpc) is 3.04. The Bertz CT molecular complexity index is 734. The first-order valence-electron chi connectivity index (χ1n) is 18.7. The van der Waals surface area contributed by atoms with Crippen LogP contribution in [0.3, 0.4) is 0 Å². The molecule has 0 radical (unpaired) electrons. The van der Waals surface area contributed by atoms with E-state index in [0.29, 0.717) is 6.61 Å². The number of carbonyl (C=O) groups is 1. The molecule has 0 aromatic rings. The molecule has 0 heterocycles. The number of phosphoric ester groups is 1. The maximum atomic E-state index is 12.5. The van der Waals surface area contributed by atoms with E-state index in [2.05, 4.69) is 26.0 Å². The minimum absolute atomic E-state index is 0.0508. The third kappa shape index (κ3) is 33.1. The van der Waals surface area contributed by atoms with Crippen LogP contribution in [-0.2, 0) is 27.9 Å². The molecule has 0 rings (SSSR count). The molecule has 0 amide bonds. The van der Waals surface area contributed by atoms with Gasteiger partial charge in [0.25, 0.3) is 0 Å². The summed E-state index contributed by atoms with van der Waals surface area (Å²) in [5.74, 6) is -0.391. The Kier molecular flexibility index (Phi) is 33.5. The van der Waals surface area contributed by atoms with Gasteiger partial charge in [-0.1, -0.05) is 135 Å². The summed E-state index contributed by atoms with van der Waals surface area (Å²) in [6.07, 6.45) is 30.2. The summed E-state index contributed by atoms with van der Waals surface area (Å²) in [5.41, 5.74) is 0. The lowest BCUT2D eigenvalue weighted by molar-refractivity contribution is -0.154. The normalized spacial score (nSPS) is 14.5. The summed E-state index contributed by atoms with van der Waals surface area (Å²) < 4.78 is 33.2. The number of rotatable bonds is 36. The first-order chi connectivity index (χ1) is 22.3. The molecule has 3 atom stereocenters. The van der Waals surface area contributed by atoms with E-state index >= 15 is 0 Å². The predicted molar refractivity (Wildman–Crippen MR) is 187 cm³/mol. The van der Waals surface area contributed by atoms with E-state index < -0.39 is 39.2 Å². The van der Waals surface area contributed by atoms with Gasteiger partial charge in [-0.25, -0.2) is 4.57 Å². The first-order valence-corrected chi connectivity index (χ1v) is 20.2. The van der Waals surface area contributed by atoms with Crippen molar-refractivity contribution in [3.8, 4) is 0 Å². The fourth-order valence-electron chi connectivity index (χ4n) is 5.05. The number of unbranched alkanes of at least 4 members (excludes halogenated alkanes) is 20. The van der Waals surface area contributed by atoms with Crippen molar-refractivity contribution in [2.24, 2.45) is 0 Å². The molecule has 274 valence electrons. The molecule has 0 fully saturated rings. The zero-order chi connectivity index (χ0) is 34.0. The van der Waals surface area contributed by atoms with Crippen LogP contribution in [0.4, 0.5) is 0 Å². The van der Waals surface area contributed by atoms with Gasteiger partial charge in [0, 0.05) is 13.0 Å². The Hall–Kier alpha value is -0.800. The van der Waals surface area contributed by atoms with Gasteiger partial charge in [0.15, 0.2) is 0 Å². The highest BCUT2D eigenvalue weighted by Crippen LogP contribution is 2.43. The summed E-state index contributed by atoms with van der Waals surface area (Å²) in [5, 5.41) is 18.3. The summed E-state index contributed by atoms with van der Waals surface area (Å²) in [4.78, 5) is 22.4. The number of carbonyl (C=O) groups excluding carboxylic acids is 1. The van der Waals surface area contributed by atoms with Crippen LogP contribution in [0.25, 0.3) is 0 Å². The molecule has 0 saturated heterocycles. The summed E-state index contributed by atoms with van der Waals surface area (Å²) in [6, 6.07) is 0. The van der Waals surface area contributed by atoms with Crippen LogP contribution >= 0.6 is 7.82 Å². The topological polar surface area (TPSA) is 132 Å². The second-order valence-corrected chi connectivity index (χ2v) is 14.1. The van der Waals surface area contributed by atoms with Crippen LogP contribution in [-0.4, -0.2) is 66.3 Å². The predicted octanol–water partition coefficient (Wildman–Crippen LogP) is 9.36. The van der Waals surface area contributed by atoms with E-state index in [9.17, 15) is 19.4 Å². The third-order valence-corrected chi connectivity index (χ3v) is 8.90. The number of hydrogen-bond acceptors (Lipinski definition) is 8. The lowest BCUT2D eigenvalue weighted by Crippen LogP contribution is -2.29. The number of allylic oxidation sites excluding steroid dienone is 2. The lowest BCUT2D eigenvalue weighted by atomic mass is 10.1. The van der Waals surface area contributed by atoms with Crippen LogP contribution in [0, 0.1) is 0 Å². The van der Waals surface area contributed by atoms with Crippen molar-refractivity contribution in [2.45, 2.75) is 180 Å². The van der Waals surface area contributed by atoms with Gasteiger partial charge in [0.2, 0.25) is 0 Å². The van der Waals surface area contributed by atoms with Crippen LogP contribution in [0.15, 0.2) is 12.2 Å². The fourth-order valence-corrected chi connectivity index (χ4v) is 5.84. The number of aliphatic hydroxyl groups excluding tert-OH is 2. The number of hydrogen-bond donors (Lipinski definition) is 3. The minimum atomic E-state index is -4.50. The first kappa shape index (κ1) is 45.2. The highest BCUT2D eigenvalue weighted by molar-refractivity contribution is 7.47. The summed E-state index contributed by atoms with van der Waals surface area (Å²) in [6.45, 7) is 3.50. The molecule has 46 heavy (non-hydrogen) atoms. The van der Waals surface area contributed by atoms with Gasteiger partial charge < -0.3 is 24.6 Å². The monoisotopic (exact) mass is 678 g/mol. The number of phosphoric acid groups is 1. The van der Waals surface area contributed by atoms with Crippen molar-refractivity contribution >= 4 is 13.8 Å². The van der Waals surface area contributed by atoms with Gasteiger partial charge in [0.1, 0.15) is 12.2 Å². The van der Waals surface area contributed by atoms with Crippen molar-refractivity contribution in [3.05, 3.63) is 12.2 Å². The van der Waals surface area contributed by atoms with Crippen molar-refractivity contribution in [2.75, 3.05) is 33.0 Å². The van der Waals surface area contributed by atoms with Crippen LogP contribution in [0.1, 0.15) is 168 Å². The molecule has 0 spiro atoms. The molecule has 0 aliphatic carbocycles. The van der Waals surface area contributed by atoms with Gasteiger partial charge in [-0.05, 0) is 38.5 Å². The van der Waals surface area contributed by atoms with Gasteiger partial charge in [-0.15, -0.1) is 0 Å². The van der Waals surface area contributed by atoms with Crippen molar-refractivity contribution in [1.82, 2.24) is 0 Å². The fraction of sp³-hybridized carbons (Fsp3) is 0.917. The Balaban J connectivity index is 4.25. The zero-order valence-corrected chi connectivity index (χ0v) is 30.4. The second kappa shape index (κ2) is 34.1. The van der Waals surface area contributed by atoms with Crippen LogP contribution in [0.5, 0.6) is 0 Å². The quantitative estimate of drug-likeness (QED) is 0.0257. The lowest BCUT2D eigenvalue weighted by Gasteiger charge is -2.20. The van der Waals surface area contributed by atoms with Crippen molar-refractivity contribution < 1.29 is 43.0 Å². The number of ether oxygens (including phenoxy) is 2. The molecule has 0 aliphatic heterocycles. The van der Waals surface area contributed by atoms with E-state index in [4.69, 9.17) is 23.6 Å². The van der Waals surface area contributed by atoms with Gasteiger partial charge in [-0.3, -0.25) is 13.8 Å². The Morgan fingerprint density at radius 3 is 1.65 bits per heavy atom. The summed E-state index contributed by atoms with van der Waals surface area (Å²) in [7, 11) is -4.50. The molecule has 0 aromatic carbocycles. The molecule has 0 saturated carbocycles. The molecule has 3 unspecified atom stereocenters. The van der Waals surface area contributed by atoms with Gasteiger partial charge >= 0.3 is 13.8 Å². The van der Waals surface area contributed by atoms with Crippen LogP contribution < -0.4 is 0 Å². The summed E-state index contributed by atoms with van der Waals surface area (Å²) >= 11 is 0. The molecule has 0 aromatic heterocycles. The number of aliphatic hydroxyl groups is 2. The van der Waals surface area contributed by atoms with E-state index in [-0.39, 0.29) is 19.6 Å². The highest BCUT2D eigenvalue weighted by Gasteiger charge is 2.26. The van der Waals surface area contributed by atoms with E-state index in [1.165, 1.54) is 96.3 Å².